The number of rotatable bonds is 6. The number of hydrogen-bond donors (Lipinski definition) is 2. The molecule has 0 heterocycles. The first-order chi connectivity index (χ1) is 15.9. The highest BCUT2D eigenvalue weighted by Gasteiger charge is 2.68. The van der Waals surface area contributed by atoms with Gasteiger partial charge in [0.15, 0.2) is 0 Å². The molecule has 2 N–H and O–H groups in total. The van der Waals surface area contributed by atoms with Gasteiger partial charge in [0.2, 0.25) is 11.4 Å². The van der Waals surface area contributed by atoms with Crippen LogP contribution in [0.25, 0.3) is 0 Å². The van der Waals surface area contributed by atoms with E-state index in [1.807, 2.05) is 6.92 Å². The molecule has 0 aromatic heterocycles. The lowest BCUT2D eigenvalue weighted by Crippen LogP contribution is -2.53. The van der Waals surface area contributed by atoms with Crippen LogP contribution in [0.4, 0.5) is 0 Å². The number of aliphatic hydroxyl groups is 2. The molecule has 5 nitrogen and oxygen atoms in total. The van der Waals surface area contributed by atoms with Crippen molar-refractivity contribution >= 4 is 11.8 Å². The summed E-state index contributed by atoms with van der Waals surface area (Å²) in [6.45, 7) is 13.0. The minimum atomic E-state index is -2.14. The number of aliphatic hydroxyl groups excluding tert-OH is 1. The monoisotopic (exact) mass is 472 g/mol. The summed E-state index contributed by atoms with van der Waals surface area (Å²) in [7, 11) is 0. The summed E-state index contributed by atoms with van der Waals surface area (Å²) < 4.78 is 5.08. The van der Waals surface area contributed by atoms with Crippen LogP contribution in [0.5, 0.6) is 0 Å². The molecule has 0 aliphatic heterocycles. The maximum atomic E-state index is 13.2. The van der Waals surface area contributed by atoms with E-state index in [1.54, 1.807) is 13.0 Å². The van der Waals surface area contributed by atoms with Gasteiger partial charge in [-0.3, -0.25) is 4.79 Å². The summed E-state index contributed by atoms with van der Waals surface area (Å²) in [5.41, 5.74) is -2.18. The van der Waals surface area contributed by atoms with Gasteiger partial charge in [0.05, 0.1) is 12.7 Å². The molecule has 0 aromatic rings. The van der Waals surface area contributed by atoms with E-state index in [0.717, 1.165) is 32.1 Å². The first kappa shape index (κ1) is 25.6. The number of carbonyl (C=O) groups excluding carboxylic acids is 2. The number of Topliss-reactive ketones (excluding diaryl/α,β-unsaturated/α-hetero) is 1. The Labute approximate surface area is 205 Å². The molecule has 0 spiro atoms. The Kier molecular flexibility index (Phi) is 6.70. The molecule has 3 fully saturated rings. The zero-order valence-corrected chi connectivity index (χ0v) is 21.8. The van der Waals surface area contributed by atoms with Gasteiger partial charge in [0, 0.05) is 17.4 Å². The SMILES string of the molecule is CCOC(=O)[C@]1(O)C[C@@]2(C)C(=C[C@H](O)[C@H]3[C@@H]4CC[C@H]([C@H](C)/C=C/CC(C)C)[C@@]4(C)CC[C@@H]32)C1=O. The summed E-state index contributed by atoms with van der Waals surface area (Å²) >= 11 is 0. The lowest BCUT2D eigenvalue weighted by molar-refractivity contribution is -0.169. The molecule has 0 aromatic carbocycles. The van der Waals surface area contributed by atoms with Crippen LogP contribution in [0.3, 0.4) is 0 Å². The Hall–Kier alpha value is -1.46. The Balaban J connectivity index is 1.62. The Morgan fingerprint density at radius 2 is 1.91 bits per heavy atom. The number of carbonyl (C=O) groups is 2. The summed E-state index contributed by atoms with van der Waals surface area (Å²) in [4.78, 5) is 25.8. The van der Waals surface area contributed by atoms with Crippen molar-refractivity contribution in [1.29, 1.82) is 0 Å². The normalized spacial score (nSPS) is 44.6. The maximum Gasteiger partial charge on any atom is 0.346 e. The second-order valence-corrected chi connectivity index (χ2v) is 12.5. The molecule has 5 heteroatoms. The first-order valence-corrected chi connectivity index (χ1v) is 13.4. The molecular formula is C29H44O5. The van der Waals surface area contributed by atoms with Crippen LogP contribution in [-0.2, 0) is 14.3 Å². The smallest absolute Gasteiger partial charge is 0.346 e. The van der Waals surface area contributed by atoms with Crippen molar-refractivity contribution in [2.24, 2.45) is 46.3 Å². The van der Waals surface area contributed by atoms with Gasteiger partial charge in [0.25, 0.3) is 0 Å². The predicted molar refractivity (Wildman–Crippen MR) is 132 cm³/mol. The van der Waals surface area contributed by atoms with Crippen LogP contribution in [-0.4, -0.2) is 40.3 Å². The highest BCUT2D eigenvalue weighted by molar-refractivity contribution is 6.18. The fraction of sp³-hybridized carbons (Fsp3) is 0.793. The molecule has 4 rings (SSSR count). The molecule has 0 bridgehead atoms. The van der Waals surface area contributed by atoms with Crippen LogP contribution >= 0.6 is 0 Å². The summed E-state index contributed by atoms with van der Waals surface area (Å²) in [6.07, 6.45) is 11.0. The number of hydrogen-bond acceptors (Lipinski definition) is 5. The third-order valence-electron chi connectivity index (χ3n) is 10.1. The topological polar surface area (TPSA) is 83.8 Å². The molecule has 0 unspecified atom stereocenters. The molecule has 4 aliphatic carbocycles. The molecule has 3 saturated carbocycles. The van der Waals surface area contributed by atoms with E-state index < -0.39 is 28.9 Å². The Bertz CT molecular complexity index is 889. The highest BCUT2D eigenvalue weighted by atomic mass is 16.5. The molecule has 34 heavy (non-hydrogen) atoms. The maximum absolute atomic E-state index is 13.2. The number of fused-ring (bicyclic) bond motifs is 5. The average Bonchev–Trinajstić information content (AvgIpc) is 3.21. The molecule has 0 saturated heterocycles. The number of ether oxygens (including phenoxy) is 1. The molecule has 9 atom stereocenters. The fourth-order valence-electron chi connectivity index (χ4n) is 8.50. The van der Waals surface area contributed by atoms with Gasteiger partial charge < -0.3 is 14.9 Å². The van der Waals surface area contributed by atoms with E-state index in [1.165, 1.54) is 0 Å². The summed E-state index contributed by atoms with van der Waals surface area (Å²) in [5, 5.41) is 22.5. The van der Waals surface area contributed by atoms with Gasteiger partial charge in [-0.05, 0) is 86.0 Å². The van der Waals surface area contributed by atoms with Gasteiger partial charge >= 0.3 is 5.97 Å². The van der Waals surface area contributed by atoms with Gasteiger partial charge in [-0.15, -0.1) is 0 Å². The van der Waals surface area contributed by atoms with Crippen molar-refractivity contribution in [3.63, 3.8) is 0 Å². The van der Waals surface area contributed by atoms with Gasteiger partial charge in [-0.2, -0.15) is 0 Å². The minimum absolute atomic E-state index is 0.0432. The first-order valence-electron chi connectivity index (χ1n) is 13.4. The van der Waals surface area contributed by atoms with E-state index in [4.69, 9.17) is 4.74 Å². The third-order valence-corrected chi connectivity index (χ3v) is 10.1. The van der Waals surface area contributed by atoms with Crippen molar-refractivity contribution in [2.45, 2.75) is 91.8 Å². The molecule has 4 aliphatic rings. The van der Waals surface area contributed by atoms with Gasteiger partial charge in [-0.25, -0.2) is 4.79 Å². The van der Waals surface area contributed by atoms with Crippen molar-refractivity contribution in [1.82, 2.24) is 0 Å². The number of esters is 1. The quantitative estimate of drug-likeness (QED) is 0.328. The fourth-order valence-corrected chi connectivity index (χ4v) is 8.50. The van der Waals surface area contributed by atoms with Crippen molar-refractivity contribution < 1.29 is 24.5 Å². The molecule has 0 radical (unpaired) electrons. The second kappa shape index (κ2) is 8.89. The van der Waals surface area contributed by atoms with Crippen molar-refractivity contribution in [2.75, 3.05) is 6.61 Å². The van der Waals surface area contributed by atoms with Gasteiger partial charge in [-0.1, -0.05) is 46.8 Å². The third kappa shape index (κ3) is 3.73. The van der Waals surface area contributed by atoms with E-state index in [-0.39, 0.29) is 30.3 Å². The van der Waals surface area contributed by atoms with Crippen LogP contribution in [0.15, 0.2) is 23.8 Å². The van der Waals surface area contributed by atoms with Crippen LogP contribution < -0.4 is 0 Å². The molecule has 0 amide bonds. The van der Waals surface area contributed by atoms with Crippen LogP contribution in [0.2, 0.25) is 0 Å². The number of ketones is 1. The zero-order valence-electron chi connectivity index (χ0n) is 21.8. The summed E-state index contributed by atoms with van der Waals surface area (Å²) in [5.74, 6) is 0.781. The van der Waals surface area contributed by atoms with E-state index in [0.29, 0.717) is 29.2 Å². The van der Waals surface area contributed by atoms with Gasteiger partial charge in [0.1, 0.15) is 0 Å². The predicted octanol–water partition coefficient (Wildman–Crippen LogP) is 4.86. The molecular weight excluding hydrogens is 428 g/mol. The standard InChI is InChI=1S/C29H44O5/c1-7-34-26(32)29(33)16-28(6)21-13-14-27(5)19(18(4)10-8-9-17(2)3)11-12-20(27)24(21)23(30)15-22(28)25(29)31/h8,10,15,17-21,23-24,30,33H,7,9,11-14,16H2,1-6H3/b10-8+/t18-,19-,20+,21+,23+,24+,27-,28-,29+/m1/s1. The number of allylic oxidation sites excluding steroid dienone is 2. The lowest BCUT2D eigenvalue weighted by Gasteiger charge is -2.56. The highest BCUT2D eigenvalue weighted by Crippen LogP contribution is 2.68. The van der Waals surface area contributed by atoms with E-state index >= 15 is 0 Å². The second-order valence-electron chi connectivity index (χ2n) is 12.5. The van der Waals surface area contributed by atoms with E-state index in [2.05, 4.69) is 39.8 Å². The summed E-state index contributed by atoms with van der Waals surface area (Å²) in [6, 6.07) is 0. The van der Waals surface area contributed by atoms with Crippen LogP contribution in [0, 0.1) is 46.3 Å². The molecule has 190 valence electrons. The van der Waals surface area contributed by atoms with Crippen LogP contribution in [0.1, 0.15) is 80.1 Å². The van der Waals surface area contributed by atoms with E-state index in [9.17, 15) is 19.8 Å². The van der Waals surface area contributed by atoms with Crippen molar-refractivity contribution in [3.8, 4) is 0 Å². The average molecular weight is 473 g/mol. The Morgan fingerprint density at radius 1 is 1.21 bits per heavy atom. The largest absolute Gasteiger partial charge is 0.464 e. The minimum Gasteiger partial charge on any atom is -0.464 e. The Morgan fingerprint density at radius 3 is 2.56 bits per heavy atom. The zero-order chi connectivity index (χ0) is 25.1. The van der Waals surface area contributed by atoms with Crippen molar-refractivity contribution in [3.05, 3.63) is 23.8 Å². The lowest BCUT2D eigenvalue weighted by atomic mass is 9.48.